The van der Waals surface area contributed by atoms with Crippen LogP contribution in [0.2, 0.25) is 0 Å². The van der Waals surface area contributed by atoms with E-state index in [1.165, 1.54) is 0 Å². The minimum absolute atomic E-state index is 0.138. The highest BCUT2D eigenvalue weighted by molar-refractivity contribution is 5.75. The number of nitrogens with zero attached hydrogens (tertiary/aromatic N) is 2. The van der Waals surface area contributed by atoms with Crippen LogP contribution < -0.4 is 11.1 Å². The topological polar surface area (TPSA) is 72.9 Å². The average molecular weight is 252 g/mol. The van der Waals surface area contributed by atoms with E-state index < -0.39 is 0 Å². The minimum Gasteiger partial charge on any atom is -0.356 e. The zero-order chi connectivity index (χ0) is 13.2. The van der Waals surface area contributed by atoms with Crippen molar-refractivity contribution in [3.63, 3.8) is 0 Å². The largest absolute Gasteiger partial charge is 0.356 e. The van der Waals surface area contributed by atoms with Crippen molar-refractivity contribution in [1.29, 1.82) is 0 Å². The molecule has 0 spiro atoms. The molecule has 0 aromatic carbocycles. The predicted octanol–water partition coefficient (Wildman–Crippen LogP) is 0.988. The molecular weight excluding hydrogens is 228 g/mol. The van der Waals surface area contributed by atoms with Crippen molar-refractivity contribution < 1.29 is 4.79 Å². The maximum atomic E-state index is 11.5. The van der Waals surface area contributed by atoms with E-state index in [1.54, 1.807) is 4.68 Å². The maximum Gasteiger partial charge on any atom is 0.220 e. The summed E-state index contributed by atoms with van der Waals surface area (Å²) in [5.74, 6) is 0.138. The Hall–Kier alpha value is -1.36. The predicted molar refractivity (Wildman–Crippen MR) is 72.1 cm³/mol. The molecule has 0 saturated carbocycles. The molecule has 0 saturated heterocycles. The van der Waals surface area contributed by atoms with Gasteiger partial charge in [-0.2, -0.15) is 5.10 Å². The zero-order valence-corrected chi connectivity index (χ0v) is 11.2. The third-order valence-electron chi connectivity index (χ3n) is 2.83. The molecule has 0 bridgehead atoms. The minimum atomic E-state index is 0.138. The summed E-state index contributed by atoms with van der Waals surface area (Å²) in [5, 5.41) is 7.18. The fourth-order valence-electron chi connectivity index (χ4n) is 1.80. The molecule has 1 heterocycles. The lowest BCUT2D eigenvalue weighted by molar-refractivity contribution is -0.121. The van der Waals surface area contributed by atoms with Crippen molar-refractivity contribution in [1.82, 2.24) is 15.1 Å². The fourth-order valence-corrected chi connectivity index (χ4v) is 1.80. The second kappa shape index (κ2) is 8.69. The molecule has 0 unspecified atom stereocenters. The molecule has 0 fully saturated rings. The van der Waals surface area contributed by atoms with Crippen LogP contribution in [0.1, 0.15) is 37.8 Å². The SMILES string of the molecule is Cn1ccc(CCNC(=O)CCCCCCN)n1. The summed E-state index contributed by atoms with van der Waals surface area (Å²) in [6.45, 7) is 1.41. The molecular formula is C13H24N4O. The molecule has 5 nitrogen and oxygen atoms in total. The highest BCUT2D eigenvalue weighted by Crippen LogP contribution is 2.02. The van der Waals surface area contributed by atoms with Gasteiger partial charge in [0.25, 0.3) is 0 Å². The number of aromatic nitrogens is 2. The third kappa shape index (κ3) is 6.39. The number of hydrogen-bond acceptors (Lipinski definition) is 3. The van der Waals surface area contributed by atoms with Crippen LogP contribution in [-0.4, -0.2) is 28.8 Å². The monoisotopic (exact) mass is 252 g/mol. The second-order valence-corrected chi connectivity index (χ2v) is 4.53. The first-order valence-corrected chi connectivity index (χ1v) is 6.67. The Labute approximate surface area is 109 Å². The number of rotatable bonds is 9. The summed E-state index contributed by atoms with van der Waals surface area (Å²) in [7, 11) is 1.89. The first-order valence-electron chi connectivity index (χ1n) is 6.67. The molecule has 5 heteroatoms. The first-order chi connectivity index (χ1) is 8.72. The van der Waals surface area contributed by atoms with E-state index in [0.717, 1.165) is 44.3 Å². The van der Waals surface area contributed by atoms with E-state index in [0.29, 0.717) is 13.0 Å². The van der Waals surface area contributed by atoms with E-state index in [1.807, 2.05) is 19.3 Å². The van der Waals surface area contributed by atoms with Crippen LogP contribution in [0.25, 0.3) is 0 Å². The second-order valence-electron chi connectivity index (χ2n) is 4.53. The molecule has 1 rings (SSSR count). The smallest absolute Gasteiger partial charge is 0.220 e. The summed E-state index contributed by atoms with van der Waals surface area (Å²) < 4.78 is 1.77. The third-order valence-corrected chi connectivity index (χ3v) is 2.83. The van der Waals surface area contributed by atoms with Crippen LogP contribution in [0.15, 0.2) is 12.3 Å². The Morgan fingerprint density at radius 1 is 1.39 bits per heavy atom. The molecule has 1 amide bonds. The van der Waals surface area contributed by atoms with Gasteiger partial charge in [-0.1, -0.05) is 12.8 Å². The van der Waals surface area contributed by atoms with Crippen LogP contribution in [0, 0.1) is 0 Å². The van der Waals surface area contributed by atoms with E-state index in [-0.39, 0.29) is 5.91 Å². The number of unbranched alkanes of at least 4 members (excludes halogenated alkanes) is 3. The summed E-state index contributed by atoms with van der Waals surface area (Å²) in [5.41, 5.74) is 6.42. The van der Waals surface area contributed by atoms with Crippen molar-refractivity contribution in [3.8, 4) is 0 Å². The van der Waals surface area contributed by atoms with E-state index >= 15 is 0 Å². The van der Waals surface area contributed by atoms with E-state index in [4.69, 9.17) is 5.73 Å². The van der Waals surface area contributed by atoms with Crippen LogP contribution in [0.4, 0.5) is 0 Å². The van der Waals surface area contributed by atoms with Crippen LogP contribution >= 0.6 is 0 Å². The summed E-state index contributed by atoms with van der Waals surface area (Å²) >= 11 is 0. The van der Waals surface area contributed by atoms with Gasteiger partial charge in [-0.3, -0.25) is 9.48 Å². The molecule has 1 aromatic rings. The number of nitrogens with one attached hydrogen (secondary N) is 1. The maximum absolute atomic E-state index is 11.5. The number of carbonyl (C=O) groups is 1. The first kappa shape index (κ1) is 14.7. The highest BCUT2D eigenvalue weighted by Gasteiger charge is 2.01. The Morgan fingerprint density at radius 3 is 2.83 bits per heavy atom. The lowest BCUT2D eigenvalue weighted by Crippen LogP contribution is -2.25. The van der Waals surface area contributed by atoms with Gasteiger partial charge in [0.1, 0.15) is 0 Å². The molecule has 102 valence electrons. The summed E-state index contributed by atoms with van der Waals surface area (Å²) in [6, 6.07) is 1.97. The van der Waals surface area contributed by atoms with Crippen LogP contribution in [0.5, 0.6) is 0 Å². The van der Waals surface area contributed by atoms with Crippen molar-refractivity contribution in [3.05, 3.63) is 18.0 Å². The zero-order valence-electron chi connectivity index (χ0n) is 11.2. The molecule has 0 aliphatic rings. The summed E-state index contributed by atoms with van der Waals surface area (Å²) in [4.78, 5) is 11.5. The van der Waals surface area contributed by atoms with Gasteiger partial charge >= 0.3 is 0 Å². The number of hydrogen-bond donors (Lipinski definition) is 2. The molecule has 0 atom stereocenters. The van der Waals surface area contributed by atoms with Crippen molar-refractivity contribution in [2.75, 3.05) is 13.1 Å². The molecule has 0 radical (unpaired) electrons. The number of carbonyl (C=O) groups excluding carboxylic acids is 1. The molecule has 18 heavy (non-hydrogen) atoms. The van der Waals surface area contributed by atoms with E-state index in [9.17, 15) is 4.79 Å². The van der Waals surface area contributed by atoms with E-state index in [2.05, 4.69) is 10.4 Å². The average Bonchev–Trinajstić information content (AvgIpc) is 2.75. The van der Waals surface area contributed by atoms with Crippen molar-refractivity contribution in [2.45, 2.75) is 38.5 Å². The van der Waals surface area contributed by atoms with Crippen LogP contribution in [0.3, 0.4) is 0 Å². The van der Waals surface area contributed by atoms with Crippen molar-refractivity contribution in [2.24, 2.45) is 12.8 Å². The Kier molecular flexibility index (Phi) is 7.10. The quantitative estimate of drug-likeness (QED) is 0.644. The molecule has 3 N–H and O–H groups in total. The standard InChI is InChI=1S/C13H24N4O/c1-17-11-8-12(16-17)7-10-15-13(18)6-4-2-3-5-9-14/h8,11H,2-7,9-10,14H2,1H3,(H,15,18). The van der Waals surface area contributed by atoms with Crippen molar-refractivity contribution >= 4 is 5.91 Å². The lowest BCUT2D eigenvalue weighted by atomic mass is 10.1. The Morgan fingerprint density at radius 2 is 2.17 bits per heavy atom. The van der Waals surface area contributed by atoms with Gasteiger partial charge < -0.3 is 11.1 Å². The van der Waals surface area contributed by atoms with Gasteiger partial charge in [-0.05, 0) is 25.5 Å². The Balaban J connectivity index is 2.00. The lowest BCUT2D eigenvalue weighted by Gasteiger charge is -2.04. The van der Waals surface area contributed by atoms with Gasteiger partial charge in [-0.15, -0.1) is 0 Å². The number of amides is 1. The van der Waals surface area contributed by atoms with Crippen LogP contribution in [-0.2, 0) is 18.3 Å². The normalized spacial score (nSPS) is 10.6. The molecule has 0 aliphatic carbocycles. The highest BCUT2D eigenvalue weighted by atomic mass is 16.1. The van der Waals surface area contributed by atoms with Gasteiger partial charge in [0.05, 0.1) is 5.69 Å². The number of aryl methyl sites for hydroxylation is 1. The Bertz CT molecular complexity index is 349. The molecule has 1 aromatic heterocycles. The van der Waals surface area contributed by atoms with Gasteiger partial charge in [0, 0.05) is 32.6 Å². The van der Waals surface area contributed by atoms with Gasteiger partial charge in [0.2, 0.25) is 5.91 Å². The molecule has 0 aliphatic heterocycles. The number of nitrogens with two attached hydrogens (primary N) is 1. The summed E-state index contributed by atoms with van der Waals surface area (Å²) in [6.07, 6.45) is 7.54. The van der Waals surface area contributed by atoms with Gasteiger partial charge in [0.15, 0.2) is 0 Å². The van der Waals surface area contributed by atoms with Gasteiger partial charge in [-0.25, -0.2) is 0 Å². The fraction of sp³-hybridized carbons (Fsp3) is 0.692.